The Hall–Kier alpha value is -1.77. The second kappa shape index (κ2) is 6.86. The maximum absolute atomic E-state index is 12.5. The van der Waals surface area contributed by atoms with E-state index >= 15 is 0 Å². The molecule has 0 N–H and O–H groups in total. The normalized spacial score (nSPS) is 12.1. The molecule has 1 aromatic carbocycles. The Kier molecular flexibility index (Phi) is 5.36. The number of rotatable bonds is 3. The summed E-state index contributed by atoms with van der Waals surface area (Å²) in [6.07, 6.45) is -4.14. The minimum absolute atomic E-state index is 0.205. The Morgan fingerprint density at radius 3 is 2.12 bits per heavy atom. The fourth-order valence-electron chi connectivity index (χ4n) is 1.70. The lowest BCUT2D eigenvalue weighted by atomic mass is 10.3. The molecular formula is C12H3Cl2F6N3OS. The molecule has 0 aliphatic rings. The summed E-state index contributed by atoms with van der Waals surface area (Å²) < 4.78 is 78.5. The van der Waals surface area contributed by atoms with Crippen LogP contribution < -0.4 is 4.74 Å². The summed E-state index contributed by atoms with van der Waals surface area (Å²) in [7, 11) is 0. The second-order valence-corrected chi connectivity index (χ2v) is 6.15. The van der Waals surface area contributed by atoms with Crippen molar-refractivity contribution >= 4 is 35.0 Å². The minimum Gasteiger partial charge on any atom is -0.406 e. The van der Waals surface area contributed by atoms with Gasteiger partial charge in [-0.05, 0) is 11.8 Å². The predicted octanol–water partition coefficient (Wildman–Crippen LogP) is 5.56. The van der Waals surface area contributed by atoms with Crippen molar-refractivity contribution in [2.75, 3.05) is 0 Å². The lowest BCUT2D eigenvalue weighted by Crippen LogP contribution is -2.17. The van der Waals surface area contributed by atoms with E-state index in [0.717, 1.165) is 23.0 Å². The van der Waals surface area contributed by atoms with Crippen molar-refractivity contribution in [1.82, 2.24) is 9.78 Å². The summed E-state index contributed by atoms with van der Waals surface area (Å²) in [5.74, 6) is -0.719. The topological polar surface area (TPSA) is 50.8 Å². The Morgan fingerprint density at radius 2 is 1.68 bits per heavy atom. The number of nitriles is 1. The summed E-state index contributed by atoms with van der Waals surface area (Å²) in [5, 5.41) is 11.7. The van der Waals surface area contributed by atoms with E-state index in [0.29, 0.717) is 0 Å². The molecule has 0 amide bonds. The molecule has 13 heteroatoms. The smallest absolute Gasteiger partial charge is 0.406 e. The fraction of sp³-hybridized carbons (Fsp3) is 0.167. The van der Waals surface area contributed by atoms with Gasteiger partial charge in [0.25, 0.3) is 0 Å². The van der Waals surface area contributed by atoms with Crippen LogP contribution in [0.5, 0.6) is 5.75 Å². The SMILES string of the molecule is N#Cc1nn(-c2c(Cl)cc(OC(F)(F)F)cc2Cl)cc1SC(F)(F)F. The Labute approximate surface area is 149 Å². The van der Waals surface area contributed by atoms with Crippen molar-refractivity contribution in [2.24, 2.45) is 0 Å². The fourth-order valence-corrected chi connectivity index (χ4v) is 2.93. The maximum atomic E-state index is 12.5. The summed E-state index contributed by atoms with van der Waals surface area (Å²) in [6.45, 7) is 0. The highest BCUT2D eigenvalue weighted by Gasteiger charge is 2.33. The molecule has 1 aromatic heterocycles. The summed E-state index contributed by atoms with van der Waals surface area (Å²) in [5.41, 5.74) is -5.43. The number of alkyl halides is 6. The zero-order chi connectivity index (χ0) is 19.0. The standard InChI is InChI=1S/C12H3Cl2F6N3OS/c13-6-1-5(24-11(15,16)17)2-7(14)10(6)23-4-9(8(3-21)22-23)25-12(18,19)20/h1-2,4H. The van der Waals surface area contributed by atoms with Crippen molar-refractivity contribution in [3.05, 3.63) is 34.1 Å². The molecule has 0 fully saturated rings. The van der Waals surface area contributed by atoms with Crippen LogP contribution >= 0.6 is 35.0 Å². The first-order chi connectivity index (χ1) is 11.4. The lowest BCUT2D eigenvalue weighted by molar-refractivity contribution is -0.274. The van der Waals surface area contributed by atoms with Gasteiger partial charge in [-0.1, -0.05) is 23.2 Å². The molecule has 0 radical (unpaired) electrons. The molecule has 0 unspecified atom stereocenters. The zero-order valence-corrected chi connectivity index (χ0v) is 13.7. The monoisotopic (exact) mass is 421 g/mol. The van der Waals surface area contributed by atoms with E-state index in [1.165, 1.54) is 6.07 Å². The largest absolute Gasteiger partial charge is 0.573 e. The van der Waals surface area contributed by atoms with Gasteiger partial charge in [-0.25, -0.2) is 4.68 Å². The van der Waals surface area contributed by atoms with E-state index in [-0.39, 0.29) is 15.7 Å². The van der Waals surface area contributed by atoms with E-state index in [9.17, 15) is 26.3 Å². The highest BCUT2D eigenvalue weighted by atomic mass is 35.5. The molecular weight excluding hydrogens is 419 g/mol. The van der Waals surface area contributed by atoms with Crippen LogP contribution in [0.4, 0.5) is 26.3 Å². The number of thioether (sulfide) groups is 1. The van der Waals surface area contributed by atoms with Crippen molar-refractivity contribution in [3.8, 4) is 17.5 Å². The number of hydrogen-bond donors (Lipinski definition) is 0. The first-order valence-corrected chi connectivity index (χ1v) is 7.47. The highest BCUT2D eigenvalue weighted by Crippen LogP contribution is 2.40. The summed E-state index contributed by atoms with van der Waals surface area (Å²) >= 11 is 11.1. The first kappa shape index (κ1) is 19.6. The van der Waals surface area contributed by atoms with Crippen LogP contribution in [0, 0.1) is 11.3 Å². The second-order valence-electron chi connectivity index (χ2n) is 4.23. The molecule has 0 spiro atoms. The molecule has 2 aromatic rings. The van der Waals surface area contributed by atoms with E-state index < -0.39 is 40.0 Å². The molecule has 134 valence electrons. The zero-order valence-electron chi connectivity index (χ0n) is 11.4. The van der Waals surface area contributed by atoms with E-state index in [2.05, 4.69) is 9.84 Å². The van der Waals surface area contributed by atoms with Gasteiger partial charge in [0.15, 0.2) is 5.69 Å². The maximum Gasteiger partial charge on any atom is 0.573 e. The molecule has 0 atom stereocenters. The van der Waals surface area contributed by atoms with Gasteiger partial charge in [-0.15, -0.1) is 13.2 Å². The van der Waals surface area contributed by atoms with Gasteiger partial charge in [0.2, 0.25) is 0 Å². The van der Waals surface area contributed by atoms with Gasteiger partial charge >= 0.3 is 11.9 Å². The van der Waals surface area contributed by atoms with Crippen LogP contribution in [0.25, 0.3) is 5.69 Å². The number of ether oxygens (including phenoxy) is 1. The molecule has 0 saturated heterocycles. The van der Waals surface area contributed by atoms with Crippen LogP contribution in [-0.2, 0) is 0 Å². The van der Waals surface area contributed by atoms with Crippen LogP contribution in [-0.4, -0.2) is 21.7 Å². The van der Waals surface area contributed by atoms with Gasteiger partial charge in [0, 0.05) is 18.3 Å². The molecule has 0 aliphatic carbocycles. The van der Waals surface area contributed by atoms with Crippen molar-refractivity contribution < 1.29 is 31.1 Å². The molecule has 4 nitrogen and oxygen atoms in total. The highest BCUT2D eigenvalue weighted by molar-refractivity contribution is 8.00. The lowest BCUT2D eigenvalue weighted by Gasteiger charge is -2.12. The van der Waals surface area contributed by atoms with E-state index in [1.807, 2.05) is 0 Å². The van der Waals surface area contributed by atoms with Gasteiger partial charge in [0.05, 0.1) is 14.9 Å². The third-order valence-electron chi connectivity index (χ3n) is 2.47. The molecule has 25 heavy (non-hydrogen) atoms. The van der Waals surface area contributed by atoms with Gasteiger partial charge in [0.1, 0.15) is 17.5 Å². The quantitative estimate of drug-likeness (QED) is 0.480. The van der Waals surface area contributed by atoms with Crippen molar-refractivity contribution in [3.63, 3.8) is 0 Å². The Morgan fingerprint density at radius 1 is 1.12 bits per heavy atom. The molecule has 0 saturated carbocycles. The Bertz CT molecular complexity index is 820. The first-order valence-electron chi connectivity index (χ1n) is 5.90. The number of benzene rings is 1. The van der Waals surface area contributed by atoms with Gasteiger partial charge < -0.3 is 4.74 Å². The van der Waals surface area contributed by atoms with Gasteiger partial charge in [-0.2, -0.15) is 23.5 Å². The van der Waals surface area contributed by atoms with E-state index in [1.54, 1.807) is 0 Å². The summed E-state index contributed by atoms with van der Waals surface area (Å²) in [4.78, 5) is -0.516. The Balaban J connectivity index is 2.47. The third kappa shape index (κ3) is 5.10. The van der Waals surface area contributed by atoms with Crippen molar-refractivity contribution in [2.45, 2.75) is 16.8 Å². The van der Waals surface area contributed by atoms with Crippen molar-refractivity contribution in [1.29, 1.82) is 5.26 Å². The van der Waals surface area contributed by atoms with Gasteiger partial charge in [-0.3, -0.25) is 0 Å². The minimum atomic E-state index is -4.98. The third-order valence-corrected chi connectivity index (χ3v) is 3.79. The number of hydrogen-bond acceptors (Lipinski definition) is 4. The van der Waals surface area contributed by atoms with Crippen LogP contribution in [0.3, 0.4) is 0 Å². The van der Waals surface area contributed by atoms with E-state index in [4.69, 9.17) is 28.5 Å². The molecule has 0 bridgehead atoms. The molecule has 0 aliphatic heterocycles. The summed E-state index contributed by atoms with van der Waals surface area (Å²) in [6, 6.07) is 3.01. The molecule has 2 rings (SSSR count). The predicted molar refractivity (Wildman–Crippen MR) is 76.9 cm³/mol. The number of nitrogens with zero attached hydrogens (tertiary/aromatic N) is 3. The number of aromatic nitrogens is 2. The molecule has 1 heterocycles. The van der Waals surface area contributed by atoms with Crippen LogP contribution in [0.2, 0.25) is 10.0 Å². The van der Waals surface area contributed by atoms with Crippen LogP contribution in [0.1, 0.15) is 5.69 Å². The average Bonchev–Trinajstić information content (AvgIpc) is 2.76. The average molecular weight is 422 g/mol. The van der Waals surface area contributed by atoms with Crippen LogP contribution in [0.15, 0.2) is 23.2 Å². The number of halogens is 8.